The Morgan fingerprint density at radius 1 is 0.812 bits per heavy atom. The van der Waals surface area contributed by atoms with Crippen LogP contribution in [-0.2, 0) is 19.2 Å². The van der Waals surface area contributed by atoms with E-state index in [0.29, 0.717) is 0 Å². The van der Waals surface area contributed by atoms with Crippen LogP contribution in [0.15, 0.2) is 41.0 Å². The van der Waals surface area contributed by atoms with Gasteiger partial charge in [-0.2, -0.15) is 5.10 Å². The fourth-order valence-corrected chi connectivity index (χ4v) is 1.71. The van der Waals surface area contributed by atoms with Crippen LogP contribution in [0.1, 0.15) is 27.7 Å². The predicted molar refractivity (Wildman–Crippen MR) is 124 cm³/mol. The molecule has 0 bridgehead atoms. The molecular weight excluding hydrogens is 685 g/mol. The second-order valence-corrected chi connectivity index (χ2v) is 6.08. The zero-order chi connectivity index (χ0) is 25.0. The number of halogens is 1. The van der Waals surface area contributed by atoms with Crippen molar-refractivity contribution in [2.45, 2.75) is 27.7 Å². The van der Waals surface area contributed by atoms with E-state index in [0.717, 1.165) is 49.1 Å². The van der Waals surface area contributed by atoms with Crippen LogP contribution in [0.25, 0.3) is 11.1 Å². The van der Waals surface area contributed by atoms with Crippen molar-refractivity contribution in [2.75, 3.05) is 12.4 Å². The second-order valence-electron chi connectivity index (χ2n) is 5.17. The van der Waals surface area contributed by atoms with E-state index in [-0.39, 0.29) is 27.3 Å². The molecule has 0 atom stereocenters. The van der Waals surface area contributed by atoms with E-state index in [2.05, 4.69) is 37.5 Å². The molecule has 2 aromatic rings. The first-order chi connectivity index (χ1) is 14.2. The summed E-state index contributed by atoms with van der Waals surface area (Å²) in [7, 11) is 1.83. The first-order valence-corrected chi connectivity index (χ1v) is 9.06. The van der Waals surface area contributed by atoms with Crippen LogP contribution in [0.2, 0.25) is 0 Å². The molecule has 0 spiro atoms. The third-order valence-electron chi connectivity index (χ3n) is 2.07. The molecule has 0 fully saturated rings. The minimum atomic E-state index is -0.833. The number of nitrogens with zero attached hydrogens (tertiary/aromatic N) is 2. The molecule has 32 heavy (non-hydrogen) atoms. The number of carbonyl (C=O) groups is 4. The summed E-state index contributed by atoms with van der Waals surface area (Å²) < 4.78 is 1.06. The molecule has 5 N–H and O–H groups in total. The van der Waals surface area contributed by atoms with E-state index in [4.69, 9.17) is 39.6 Å². The van der Waals surface area contributed by atoms with Crippen LogP contribution in [0, 0.1) is 0 Å². The van der Waals surface area contributed by atoms with E-state index in [1.165, 1.54) is 0 Å². The minimum absolute atomic E-state index is 0. The Kier molecular flexibility index (Phi) is 26.5. The number of nitrogens with one attached hydrogen (secondary N) is 1. The van der Waals surface area contributed by atoms with Gasteiger partial charge < -0.3 is 25.7 Å². The van der Waals surface area contributed by atoms with Crippen molar-refractivity contribution >= 4 is 72.9 Å². The quantitative estimate of drug-likeness (QED) is 0.289. The van der Waals surface area contributed by atoms with Gasteiger partial charge in [0.15, 0.2) is 0 Å². The number of rotatable bonds is 2. The molecule has 11 nitrogen and oxygen atoms in total. The largest absolute Gasteiger partial charge is 0.481 e. The fourth-order valence-electron chi connectivity index (χ4n) is 1.31. The SMILES string of the molecule is CC(=O)O.CC(=O)O.CC(=O)O.CC(=O)O.CNc1cc(-c2cccc(Br)c2)cnn1.[Pb]. The summed E-state index contributed by atoms with van der Waals surface area (Å²) in [5.74, 6) is -2.56. The van der Waals surface area contributed by atoms with Gasteiger partial charge in [-0.05, 0) is 23.8 Å². The molecule has 2 rings (SSSR count). The summed E-state index contributed by atoms with van der Waals surface area (Å²) in [4.78, 5) is 36.0. The first-order valence-electron chi connectivity index (χ1n) is 8.27. The Hall–Kier alpha value is -2.62. The van der Waals surface area contributed by atoms with Crippen molar-refractivity contribution in [3.8, 4) is 11.1 Å². The van der Waals surface area contributed by atoms with E-state index in [1.807, 2.05) is 31.3 Å². The van der Waals surface area contributed by atoms with Crippen molar-refractivity contribution in [3.05, 3.63) is 41.0 Å². The second kappa shape index (κ2) is 23.1. The molecule has 13 heteroatoms. The van der Waals surface area contributed by atoms with Crippen LogP contribution < -0.4 is 5.32 Å². The van der Waals surface area contributed by atoms with E-state index in [1.54, 1.807) is 6.20 Å². The van der Waals surface area contributed by atoms with Crippen LogP contribution in [-0.4, -0.2) is 88.8 Å². The summed E-state index contributed by atoms with van der Waals surface area (Å²) >= 11 is 3.44. The fraction of sp³-hybridized carbons (Fsp3) is 0.263. The molecule has 4 radical (unpaired) electrons. The maximum absolute atomic E-state index is 9.00. The molecular formula is C19H26BrN3O8Pb. The maximum atomic E-state index is 9.00. The molecule has 1 aromatic heterocycles. The number of aliphatic carboxylic acids is 4. The third kappa shape index (κ3) is 34.9. The van der Waals surface area contributed by atoms with E-state index in [9.17, 15) is 0 Å². The Labute approximate surface area is 214 Å². The van der Waals surface area contributed by atoms with Gasteiger partial charge in [0, 0.05) is 72.1 Å². The van der Waals surface area contributed by atoms with Gasteiger partial charge in [0.1, 0.15) is 5.82 Å². The Morgan fingerprint density at radius 3 is 1.56 bits per heavy atom. The maximum Gasteiger partial charge on any atom is 0.300 e. The molecule has 0 amide bonds. The van der Waals surface area contributed by atoms with Crippen molar-refractivity contribution in [2.24, 2.45) is 0 Å². The molecule has 1 heterocycles. The van der Waals surface area contributed by atoms with Gasteiger partial charge in [-0.25, -0.2) is 0 Å². The van der Waals surface area contributed by atoms with E-state index < -0.39 is 23.9 Å². The predicted octanol–water partition coefficient (Wildman–Crippen LogP) is 2.93. The molecule has 0 aliphatic heterocycles. The van der Waals surface area contributed by atoms with Gasteiger partial charge in [-0.15, -0.1) is 5.10 Å². The smallest absolute Gasteiger partial charge is 0.300 e. The number of hydrogen-bond donors (Lipinski definition) is 5. The summed E-state index contributed by atoms with van der Waals surface area (Å²) in [5, 5.41) is 40.5. The number of aromatic nitrogens is 2. The number of hydrogen-bond acceptors (Lipinski definition) is 7. The summed E-state index contributed by atoms with van der Waals surface area (Å²) in [6.45, 7) is 4.33. The third-order valence-corrected chi connectivity index (χ3v) is 2.56. The molecule has 0 saturated heterocycles. The zero-order valence-corrected chi connectivity index (χ0v) is 23.6. The molecule has 176 valence electrons. The zero-order valence-electron chi connectivity index (χ0n) is 18.2. The molecule has 1 aromatic carbocycles. The number of carboxylic acids is 4. The summed E-state index contributed by atoms with van der Waals surface area (Å²) in [5.41, 5.74) is 2.17. The van der Waals surface area contributed by atoms with E-state index >= 15 is 0 Å². The first kappa shape index (κ1) is 36.7. The van der Waals surface area contributed by atoms with Gasteiger partial charge in [0.05, 0.1) is 6.20 Å². The Morgan fingerprint density at radius 2 is 1.22 bits per heavy atom. The number of benzene rings is 1. The average molecular weight is 712 g/mol. The van der Waals surface area contributed by atoms with Gasteiger partial charge in [-0.1, -0.05) is 28.1 Å². The van der Waals surface area contributed by atoms with Gasteiger partial charge >= 0.3 is 0 Å². The van der Waals surface area contributed by atoms with Gasteiger partial charge in [-0.3, -0.25) is 19.2 Å². The van der Waals surface area contributed by atoms with Crippen LogP contribution in [0.5, 0.6) is 0 Å². The normalized spacial score (nSPS) is 7.81. The molecule has 0 saturated carbocycles. The van der Waals surface area contributed by atoms with Crippen molar-refractivity contribution in [3.63, 3.8) is 0 Å². The van der Waals surface area contributed by atoms with Crippen LogP contribution >= 0.6 is 15.9 Å². The number of anilines is 1. The average Bonchev–Trinajstić information content (AvgIpc) is 2.60. The molecule has 0 aliphatic carbocycles. The van der Waals surface area contributed by atoms with Crippen molar-refractivity contribution in [1.29, 1.82) is 0 Å². The van der Waals surface area contributed by atoms with Crippen LogP contribution in [0.3, 0.4) is 0 Å². The van der Waals surface area contributed by atoms with Crippen molar-refractivity contribution in [1.82, 2.24) is 10.2 Å². The Bertz CT molecular complexity index is 774. The number of carboxylic acid groups (broad SMARTS) is 4. The topological polar surface area (TPSA) is 187 Å². The van der Waals surface area contributed by atoms with Crippen molar-refractivity contribution < 1.29 is 39.6 Å². The summed E-state index contributed by atoms with van der Waals surface area (Å²) in [6, 6.07) is 10.1. The summed E-state index contributed by atoms with van der Waals surface area (Å²) in [6.07, 6.45) is 1.75. The molecule has 0 aliphatic rings. The van der Waals surface area contributed by atoms with Crippen LogP contribution in [0.4, 0.5) is 5.82 Å². The van der Waals surface area contributed by atoms with Gasteiger partial charge in [0.25, 0.3) is 23.9 Å². The standard InChI is InChI=1S/C11H10BrN3.4C2H4O2.Pb/c1-13-11-6-9(7-14-15-11)8-3-2-4-10(12)5-8;4*1-2(3)4;/h2-7H,1H3,(H,13,15);4*1H3,(H,3,4);. The Balaban J connectivity index is -0.000000192. The molecule has 0 unspecified atom stereocenters. The minimum Gasteiger partial charge on any atom is -0.481 e. The van der Waals surface area contributed by atoms with Gasteiger partial charge in [0.2, 0.25) is 0 Å². The monoisotopic (exact) mass is 711 g/mol.